The molecule has 1 spiro atoms. The van der Waals surface area contributed by atoms with Gasteiger partial charge in [0, 0.05) is 29.9 Å². The van der Waals surface area contributed by atoms with Crippen molar-refractivity contribution < 1.29 is 14.4 Å². The predicted molar refractivity (Wildman–Crippen MR) is 142 cm³/mol. The number of benzene rings is 2. The number of nitrogens with one attached hydrogen (secondary N) is 2. The van der Waals surface area contributed by atoms with Crippen LogP contribution in [0.3, 0.4) is 0 Å². The van der Waals surface area contributed by atoms with Gasteiger partial charge in [0.15, 0.2) is 10.7 Å². The number of hydrogen-bond acceptors (Lipinski definition) is 6. The van der Waals surface area contributed by atoms with Crippen molar-refractivity contribution in [3.05, 3.63) is 82.9 Å². The smallest absolute Gasteiger partial charge is 0.326 e. The van der Waals surface area contributed by atoms with Gasteiger partial charge in [-0.3, -0.25) is 14.5 Å². The largest absolute Gasteiger partial charge is 0.334 e. The van der Waals surface area contributed by atoms with Crippen LogP contribution in [0, 0.1) is 5.92 Å². The van der Waals surface area contributed by atoms with Gasteiger partial charge in [-0.15, -0.1) is 11.3 Å². The summed E-state index contributed by atoms with van der Waals surface area (Å²) < 4.78 is 0. The van der Waals surface area contributed by atoms with Gasteiger partial charge in [0.2, 0.25) is 5.91 Å². The maximum absolute atomic E-state index is 13.7. The number of amides is 4. The molecule has 2 heterocycles. The van der Waals surface area contributed by atoms with E-state index in [9.17, 15) is 14.4 Å². The van der Waals surface area contributed by atoms with E-state index in [0.29, 0.717) is 18.0 Å². The van der Waals surface area contributed by atoms with Gasteiger partial charge in [-0.25, -0.2) is 9.78 Å². The first-order valence-electron chi connectivity index (χ1n) is 12.4. The Bertz CT molecular complexity index is 1390. The van der Waals surface area contributed by atoms with E-state index in [-0.39, 0.29) is 18.5 Å². The highest BCUT2D eigenvalue weighted by molar-refractivity contribution is 7.13. The maximum Gasteiger partial charge on any atom is 0.326 e. The van der Waals surface area contributed by atoms with E-state index in [1.54, 1.807) is 12.3 Å². The van der Waals surface area contributed by atoms with Crippen LogP contribution >= 0.6 is 11.3 Å². The summed E-state index contributed by atoms with van der Waals surface area (Å²) in [6, 6.07) is 14.9. The summed E-state index contributed by atoms with van der Waals surface area (Å²) in [5, 5.41) is 8.76. The minimum Gasteiger partial charge on any atom is -0.334 e. The first-order chi connectivity index (χ1) is 17.9. The average Bonchev–Trinajstić information content (AvgIpc) is 3.44. The summed E-state index contributed by atoms with van der Waals surface area (Å²) in [5.74, 6) is -0.201. The van der Waals surface area contributed by atoms with Crippen LogP contribution in [-0.2, 0) is 21.7 Å². The van der Waals surface area contributed by atoms with Crippen LogP contribution in [0.15, 0.2) is 66.2 Å². The van der Waals surface area contributed by atoms with E-state index < -0.39 is 17.5 Å². The number of thiazole rings is 1. The van der Waals surface area contributed by atoms with Crippen molar-refractivity contribution in [2.24, 2.45) is 5.92 Å². The molecule has 0 bridgehead atoms. The first kappa shape index (κ1) is 23.4. The second-order valence-corrected chi connectivity index (χ2v) is 10.7. The van der Waals surface area contributed by atoms with Crippen molar-refractivity contribution in [2.45, 2.75) is 37.9 Å². The quantitative estimate of drug-likeness (QED) is 0.433. The van der Waals surface area contributed by atoms with Gasteiger partial charge in [-0.2, -0.15) is 0 Å². The molecule has 1 aliphatic heterocycles. The Hall–Kier alpha value is -3.98. The van der Waals surface area contributed by atoms with Crippen molar-refractivity contribution in [3.8, 4) is 0 Å². The summed E-state index contributed by atoms with van der Waals surface area (Å²) >= 11 is 1.49. The summed E-state index contributed by atoms with van der Waals surface area (Å²) in [6.45, 7) is 2.21. The molecule has 2 fully saturated rings. The topological polar surface area (TPSA) is 94.6 Å². The number of carbonyl (C=O) groups is 3. The summed E-state index contributed by atoms with van der Waals surface area (Å²) in [4.78, 5) is 47.4. The van der Waals surface area contributed by atoms with Crippen LogP contribution in [0.1, 0.15) is 36.5 Å². The van der Waals surface area contributed by atoms with E-state index in [4.69, 9.17) is 0 Å². The van der Waals surface area contributed by atoms with Crippen LogP contribution in [0.25, 0.3) is 6.08 Å². The summed E-state index contributed by atoms with van der Waals surface area (Å²) in [5.41, 5.74) is 2.09. The third-order valence-corrected chi connectivity index (χ3v) is 8.10. The number of urea groups is 1. The number of imide groups is 1. The van der Waals surface area contributed by atoms with Crippen molar-refractivity contribution in [1.29, 1.82) is 0 Å². The minimum absolute atomic E-state index is 0.0401. The molecule has 188 valence electrons. The fraction of sp³-hybridized carbons (Fsp3) is 0.286. The Labute approximate surface area is 219 Å². The fourth-order valence-electron chi connectivity index (χ4n) is 5.18. The summed E-state index contributed by atoms with van der Waals surface area (Å²) in [6.07, 6.45) is 7.46. The number of nitrogens with zero attached hydrogens (tertiary/aromatic N) is 3. The van der Waals surface area contributed by atoms with Crippen molar-refractivity contribution in [1.82, 2.24) is 20.1 Å². The van der Waals surface area contributed by atoms with Gasteiger partial charge < -0.3 is 15.5 Å². The fourth-order valence-corrected chi connectivity index (χ4v) is 5.73. The first-order valence-corrected chi connectivity index (χ1v) is 13.3. The molecular formula is C28H27N5O3S. The number of hydrogen-bond donors (Lipinski definition) is 2. The van der Waals surface area contributed by atoms with Gasteiger partial charge in [0.25, 0.3) is 5.91 Å². The zero-order valence-corrected chi connectivity index (χ0v) is 21.2. The molecule has 0 radical (unpaired) electrons. The number of rotatable bonds is 8. The lowest BCUT2D eigenvalue weighted by atomic mass is 9.91. The highest BCUT2D eigenvalue weighted by atomic mass is 32.1. The van der Waals surface area contributed by atoms with Crippen LogP contribution in [0.4, 0.5) is 15.6 Å². The number of fused-ring (bicyclic) bond motifs is 2. The number of anilines is 2. The monoisotopic (exact) mass is 513 g/mol. The highest BCUT2D eigenvalue weighted by Gasteiger charge is 2.54. The van der Waals surface area contributed by atoms with E-state index in [1.807, 2.05) is 64.9 Å². The average molecular weight is 514 g/mol. The Kier molecular flexibility index (Phi) is 5.79. The maximum atomic E-state index is 13.7. The van der Waals surface area contributed by atoms with Gasteiger partial charge in [0.05, 0.1) is 0 Å². The van der Waals surface area contributed by atoms with Crippen LogP contribution in [0.2, 0.25) is 0 Å². The molecule has 2 atom stereocenters. The van der Waals surface area contributed by atoms with Crippen molar-refractivity contribution in [3.63, 3.8) is 0 Å². The molecule has 1 unspecified atom stereocenters. The Morgan fingerprint density at radius 3 is 2.78 bits per heavy atom. The van der Waals surface area contributed by atoms with Crippen molar-refractivity contribution in [2.75, 3.05) is 11.9 Å². The third kappa shape index (κ3) is 4.29. The molecule has 1 saturated heterocycles. The molecule has 3 aliphatic rings. The lowest BCUT2D eigenvalue weighted by molar-refractivity contribution is -0.140. The standard InChI is InChI=1S/C28H27N5O3S/c1-18(20-7-8-20)32(16-19-5-3-2-4-6-19)24(34)17-33-25(35)28(31-27(33)36)12-11-21-15-22(9-10-23(21)28)30-26-29-13-14-37-26/h2-6,9-15,18,20H,7-8,16-17H2,1H3,(H,29,30)(H,31,36)/t18-,28?/m0/s1. The SMILES string of the molecule is C[C@@H](C1CC1)N(Cc1ccccc1)C(=O)CN1C(=O)NC2(C=Cc3cc(Nc4nccs4)ccc32)C1=O. The molecule has 8 nitrogen and oxygen atoms in total. The molecule has 1 saturated carbocycles. The number of aromatic nitrogens is 1. The minimum atomic E-state index is -1.29. The third-order valence-electron chi connectivity index (χ3n) is 7.41. The Balaban J connectivity index is 1.21. The summed E-state index contributed by atoms with van der Waals surface area (Å²) in [7, 11) is 0. The number of carbonyl (C=O) groups excluding carboxylic acids is 3. The van der Waals surface area contributed by atoms with Gasteiger partial charge in [0.1, 0.15) is 6.54 Å². The molecule has 37 heavy (non-hydrogen) atoms. The van der Waals surface area contributed by atoms with E-state index in [1.165, 1.54) is 11.3 Å². The lowest BCUT2D eigenvalue weighted by Crippen LogP contribution is -2.47. The molecule has 3 aromatic rings. The predicted octanol–water partition coefficient (Wildman–Crippen LogP) is 4.49. The molecule has 9 heteroatoms. The zero-order valence-electron chi connectivity index (χ0n) is 20.4. The molecule has 4 amide bonds. The van der Waals surface area contributed by atoms with Gasteiger partial charge in [-0.1, -0.05) is 42.5 Å². The zero-order chi connectivity index (χ0) is 25.6. The second kappa shape index (κ2) is 9.15. The van der Waals surface area contributed by atoms with E-state index in [0.717, 1.165) is 39.7 Å². The lowest BCUT2D eigenvalue weighted by Gasteiger charge is -2.31. The molecule has 2 aliphatic carbocycles. The molecule has 6 rings (SSSR count). The van der Waals surface area contributed by atoms with Gasteiger partial charge in [-0.05, 0) is 60.6 Å². The Morgan fingerprint density at radius 2 is 2.05 bits per heavy atom. The molecule has 2 N–H and O–H groups in total. The van der Waals surface area contributed by atoms with Gasteiger partial charge >= 0.3 is 6.03 Å². The highest BCUT2D eigenvalue weighted by Crippen LogP contribution is 2.40. The molecular weight excluding hydrogens is 486 g/mol. The Morgan fingerprint density at radius 1 is 1.24 bits per heavy atom. The van der Waals surface area contributed by atoms with Crippen LogP contribution < -0.4 is 10.6 Å². The van der Waals surface area contributed by atoms with Crippen LogP contribution in [-0.4, -0.2) is 45.2 Å². The molecule has 1 aromatic heterocycles. The van der Waals surface area contributed by atoms with Crippen LogP contribution in [0.5, 0.6) is 0 Å². The van der Waals surface area contributed by atoms with E-state index >= 15 is 0 Å². The van der Waals surface area contributed by atoms with Crippen molar-refractivity contribution >= 4 is 46.1 Å². The second-order valence-electron chi connectivity index (χ2n) is 9.81. The van der Waals surface area contributed by atoms with E-state index in [2.05, 4.69) is 22.5 Å². The molecule has 2 aromatic carbocycles. The normalized spacial score (nSPS) is 20.7.